The molecular weight excluding hydrogens is 306 g/mol. The van der Waals surface area contributed by atoms with Crippen molar-refractivity contribution in [3.8, 4) is 16.8 Å². The number of nitrogens with one attached hydrogen (secondary N) is 1. The smallest absolute Gasteiger partial charge is 0.316 e. The van der Waals surface area contributed by atoms with Crippen molar-refractivity contribution in [1.29, 1.82) is 0 Å². The summed E-state index contributed by atoms with van der Waals surface area (Å²) in [6, 6.07) is 16.7. The van der Waals surface area contributed by atoms with E-state index in [0.29, 0.717) is 0 Å². The Morgan fingerprint density at radius 2 is 1.54 bits per heavy atom. The number of carbonyl (C=O) groups excluding carboxylic acids is 2. The lowest BCUT2D eigenvalue weighted by molar-refractivity contribution is 0.0996. The Bertz CT molecular complexity index is 885. The van der Waals surface area contributed by atoms with Crippen LogP contribution in [0, 0.1) is 0 Å². The molecule has 3 rings (SSSR count). The third kappa shape index (κ3) is 3.09. The second-order valence-corrected chi connectivity index (χ2v) is 5.10. The summed E-state index contributed by atoms with van der Waals surface area (Å²) >= 11 is 0. The number of nitrogens with zero attached hydrogens (tertiary/aromatic N) is 2. The van der Waals surface area contributed by atoms with E-state index in [1.165, 1.54) is 10.9 Å². The summed E-state index contributed by atoms with van der Waals surface area (Å²) in [5.74, 6) is -0.751. The molecule has 1 heterocycles. The van der Waals surface area contributed by atoms with E-state index in [1.54, 1.807) is 0 Å². The fourth-order valence-corrected chi connectivity index (χ4v) is 2.35. The Hall–Kier alpha value is -3.61. The maximum absolute atomic E-state index is 11.4. The molecule has 3 amide bonds. The molecule has 7 nitrogen and oxygen atoms in total. The zero-order valence-electron chi connectivity index (χ0n) is 12.6. The second kappa shape index (κ2) is 6.25. The summed E-state index contributed by atoms with van der Waals surface area (Å²) in [5, 5.41) is 6.44. The van der Waals surface area contributed by atoms with Crippen molar-refractivity contribution in [2.45, 2.75) is 0 Å². The van der Waals surface area contributed by atoms with Crippen LogP contribution in [0.15, 0.2) is 60.8 Å². The summed E-state index contributed by atoms with van der Waals surface area (Å²) in [7, 11) is 0. The molecule has 0 saturated carbocycles. The van der Waals surface area contributed by atoms with Crippen LogP contribution in [0.2, 0.25) is 0 Å². The maximum atomic E-state index is 11.4. The van der Waals surface area contributed by atoms with Crippen LogP contribution < -0.4 is 16.8 Å². The van der Waals surface area contributed by atoms with Gasteiger partial charge in [0.25, 0.3) is 5.91 Å². The highest BCUT2D eigenvalue weighted by atomic mass is 16.2. The molecule has 0 bridgehead atoms. The molecule has 0 spiro atoms. The van der Waals surface area contributed by atoms with Gasteiger partial charge < -0.3 is 16.8 Å². The molecule has 0 aliphatic carbocycles. The van der Waals surface area contributed by atoms with Crippen molar-refractivity contribution < 1.29 is 9.59 Å². The van der Waals surface area contributed by atoms with Gasteiger partial charge in [0.15, 0.2) is 5.69 Å². The minimum atomic E-state index is -0.795. The average Bonchev–Trinajstić information content (AvgIpc) is 2.99. The third-order valence-electron chi connectivity index (χ3n) is 3.44. The van der Waals surface area contributed by atoms with Gasteiger partial charge in [0.2, 0.25) is 0 Å². The van der Waals surface area contributed by atoms with Crippen LogP contribution in [0.4, 0.5) is 10.5 Å². The predicted octanol–water partition coefficient (Wildman–Crippen LogP) is 2.13. The van der Waals surface area contributed by atoms with Gasteiger partial charge in [0.05, 0.1) is 17.6 Å². The van der Waals surface area contributed by atoms with Crippen LogP contribution in [0.25, 0.3) is 16.8 Å². The molecule has 0 unspecified atom stereocenters. The van der Waals surface area contributed by atoms with E-state index < -0.39 is 11.9 Å². The largest absolute Gasteiger partial charge is 0.364 e. The Labute approximate surface area is 137 Å². The fraction of sp³-hybridized carbons (Fsp3) is 0. The SMILES string of the molecule is NC(=O)Nc1cn(-c2ccc(-c3ccccc3)cc2)nc1C(N)=O. The first-order valence-corrected chi connectivity index (χ1v) is 7.16. The number of hydrogen-bond donors (Lipinski definition) is 3. The standard InChI is InChI=1S/C17H15N5O2/c18-16(23)15-14(20-17(19)24)10-22(21-15)13-8-6-12(7-9-13)11-4-2-1-3-5-11/h1-10H,(H2,18,23)(H3,19,20,24). The van der Waals surface area contributed by atoms with Crippen LogP contribution in [0.1, 0.15) is 10.5 Å². The molecule has 3 aromatic rings. The molecule has 24 heavy (non-hydrogen) atoms. The summed E-state index contributed by atoms with van der Waals surface area (Å²) in [5.41, 5.74) is 13.3. The monoisotopic (exact) mass is 321 g/mol. The van der Waals surface area contributed by atoms with Gasteiger partial charge in [-0.1, -0.05) is 42.5 Å². The van der Waals surface area contributed by atoms with Crippen LogP contribution in [-0.4, -0.2) is 21.7 Å². The van der Waals surface area contributed by atoms with E-state index >= 15 is 0 Å². The number of rotatable bonds is 4. The topological polar surface area (TPSA) is 116 Å². The molecule has 1 aromatic heterocycles. The van der Waals surface area contributed by atoms with Crippen molar-refractivity contribution in [3.63, 3.8) is 0 Å². The number of urea groups is 1. The van der Waals surface area contributed by atoms with Crippen LogP contribution in [-0.2, 0) is 0 Å². The highest BCUT2D eigenvalue weighted by Gasteiger charge is 2.16. The highest BCUT2D eigenvalue weighted by Crippen LogP contribution is 2.22. The number of carbonyl (C=O) groups is 2. The Morgan fingerprint density at radius 3 is 2.12 bits per heavy atom. The number of benzene rings is 2. The molecule has 5 N–H and O–H groups in total. The maximum Gasteiger partial charge on any atom is 0.316 e. The van der Waals surface area contributed by atoms with Crippen LogP contribution >= 0.6 is 0 Å². The molecule has 7 heteroatoms. The normalized spacial score (nSPS) is 10.3. The first-order chi connectivity index (χ1) is 11.5. The summed E-state index contributed by atoms with van der Waals surface area (Å²) in [6.45, 7) is 0. The van der Waals surface area contributed by atoms with Crippen molar-refractivity contribution in [2.75, 3.05) is 5.32 Å². The molecule has 120 valence electrons. The second-order valence-electron chi connectivity index (χ2n) is 5.10. The molecule has 0 radical (unpaired) electrons. The lowest BCUT2D eigenvalue weighted by Crippen LogP contribution is -2.22. The Kier molecular flexibility index (Phi) is 3.98. The molecule has 0 fully saturated rings. The molecule has 0 saturated heterocycles. The van der Waals surface area contributed by atoms with E-state index in [0.717, 1.165) is 16.8 Å². The first-order valence-electron chi connectivity index (χ1n) is 7.16. The molecule has 0 aliphatic heterocycles. The fourth-order valence-electron chi connectivity index (χ4n) is 2.35. The number of primary amides is 2. The van der Waals surface area contributed by atoms with Crippen molar-refractivity contribution in [2.24, 2.45) is 11.5 Å². The van der Waals surface area contributed by atoms with E-state index in [-0.39, 0.29) is 11.4 Å². The molecule has 0 aliphatic rings. The Morgan fingerprint density at radius 1 is 0.917 bits per heavy atom. The van der Waals surface area contributed by atoms with Gasteiger partial charge in [0.1, 0.15) is 0 Å². The number of hydrogen-bond acceptors (Lipinski definition) is 3. The van der Waals surface area contributed by atoms with Gasteiger partial charge >= 0.3 is 6.03 Å². The van der Waals surface area contributed by atoms with Crippen LogP contribution in [0.3, 0.4) is 0 Å². The predicted molar refractivity (Wildman–Crippen MR) is 90.7 cm³/mol. The van der Waals surface area contributed by atoms with Gasteiger partial charge in [-0.25, -0.2) is 9.48 Å². The number of nitrogens with two attached hydrogens (primary N) is 2. The quantitative estimate of drug-likeness (QED) is 0.683. The van der Waals surface area contributed by atoms with Crippen molar-refractivity contribution in [3.05, 3.63) is 66.5 Å². The molecule has 0 atom stereocenters. The minimum Gasteiger partial charge on any atom is -0.364 e. The number of anilines is 1. The van der Waals surface area contributed by atoms with Gasteiger partial charge in [-0.15, -0.1) is 0 Å². The minimum absolute atomic E-state index is 0.0547. The van der Waals surface area contributed by atoms with Crippen molar-refractivity contribution in [1.82, 2.24) is 9.78 Å². The van der Waals surface area contributed by atoms with Gasteiger partial charge in [-0.3, -0.25) is 4.79 Å². The van der Waals surface area contributed by atoms with Gasteiger partial charge in [-0.2, -0.15) is 5.10 Å². The third-order valence-corrected chi connectivity index (χ3v) is 3.44. The number of aromatic nitrogens is 2. The van der Waals surface area contributed by atoms with E-state index in [2.05, 4.69) is 10.4 Å². The lowest BCUT2D eigenvalue weighted by Gasteiger charge is -2.04. The summed E-state index contributed by atoms with van der Waals surface area (Å²) in [4.78, 5) is 22.5. The lowest BCUT2D eigenvalue weighted by atomic mass is 10.1. The van der Waals surface area contributed by atoms with Gasteiger partial charge in [-0.05, 0) is 23.3 Å². The zero-order valence-corrected chi connectivity index (χ0v) is 12.6. The number of amides is 3. The highest BCUT2D eigenvalue weighted by molar-refractivity contribution is 6.00. The van der Waals surface area contributed by atoms with E-state index in [4.69, 9.17) is 11.5 Å². The van der Waals surface area contributed by atoms with Crippen molar-refractivity contribution >= 4 is 17.6 Å². The molecular formula is C17H15N5O2. The Balaban J connectivity index is 1.94. The summed E-state index contributed by atoms with van der Waals surface area (Å²) < 4.78 is 1.46. The van der Waals surface area contributed by atoms with E-state index in [1.807, 2.05) is 54.6 Å². The van der Waals surface area contributed by atoms with Crippen LogP contribution in [0.5, 0.6) is 0 Å². The zero-order chi connectivity index (χ0) is 17.1. The van der Waals surface area contributed by atoms with E-state index in [9.17, 15) is 9.59 Å². The molecule has 2 aromatic carbocycles. The first kappa shape index (κ1) is 15.3. The summed E-state index contributed by atoms with van der Waals surface area (Å²) in [6.07, 6.45) is 1.49. The average molecular weight is 321 g/mol. The van der Waals surface area contributed by atoms with Gasteiger partial charge in [0, 0.05) is 0 Å².